The van der Waals surface area contributed by atoms with Crippen molar-refractivity contribution < 1.29 is 22.4 Å². The molecule has 0 aliphatic heterocycles. The molecule has 0 spiro atoms. The lowest BCUT2D eigenvalue weighted by Crippen LogP contribution is -2.42. The van der Waals surface area contributed by atoms with Gasteiger partial charge in [0.1, 0.15) is 11.6 Å². The number of carbonyl (C=O) groups excluding carboxylic acids is 1. The monoisotopic (exact) mass is 662 g/mol. The summed E-state index contributed by atoms with van der Waals surface area (Å²) in [6, 6.07) is 11.0. The predicted octanol–water partition coefficient (Wildman–Crippen LogP) is 8.65. The van der Waals surface area contributed by atoms with Crippen molar-refractivity contribution in [2.45, 2.75) is 103 Å². The van der Waals surface area contributed by atoms with E-state index in [-0.39, 0.29) is 55.8 Å². The lowest BCUT2D eigenvalue weighted by molar-refractivity contribution is -0.130. The maximum Gasteiger partial charge on any atom is 0.248 e. The Labute approximate surface area is 277 Å². The summed E-state index contributed by atoms with van der Waals surface area (Å²) < 4.78 is 54.4. The molecule has 3 N–H and O–H groups in total. The molecule has 0 radical (unpaired) electrons. The van der Waals surface area contributed by atoms with E-state index < -0.39 is 23.8 Å². The molecule has 2 aliphatic carbocycles. The highest BCUT2D eigenvalue weighted by Gasteiger charge is 2.39. The number of hydrogen-bond donors (Lipinski definition) is 3. The normalized spacial score (nSPS) is 19.6. The van der Waals surface area contributed by atoms with Gasteiger partial charge in [-0.15, -0.1) is 0 Å². The Hall–Kier alpha value is -4.20. The summed E-state index contributed by atoms with van der Waals surface area (Å²) >= 11 is 0. The minimum atomic E-state index is -2.69. The Morgan fingerprint density at radius 3 is 1.96 bits per heavy atom. The molecule has 2 heterocycles. The van der Waals surface area contributed by atoms with Gasteiger partial charge >= 0.3 is 0 Å². The molecule has 11 heteroatoms. The maximum atomic E-state index is 13.7. The van der Waals surface area contributed by atoms with E-state index in [2.05, 4.69) is 37.1 Å². The number of imidazole rings is 2. The molecule has 2 aromatic heterocycles. The molecule has 1 amide bonds. The van der Waals surface area contributed by atoms with Crippen LogP contribution in [-0.2, 0) is 11.3 Å². The van der Waals surface area contributed by atoms with Crippen LogP contribution < -0.4 is 5.32 Å². The fraction of sp³-hybridized carbons (Fsp3) is 0.514. The summed E-state index contributed by atoms with van der Waals surface area (Å²) in [6.45, 7) is 8.30. The first-order valence-corrected chi connectivity index (χ1v) is 16.7. The lowest BCUT2D eigenvalue weighted by Gasteiger charge is -2.33. The van der Waals surface area contributed by atoms with Crippen molar-refractivity contribution in [3.05, 3.63) is 59.2 Å². The first-order chi connectivity index (χ1) is 22.6. The van der Waals surface area contributed by atoms with E-state index >= 15 is 0 Å². The number of aromatic nitrogens is 4. The molecular weight excluding hydrogens is 620 g/mol. The number of nitrogens with zero attached hydrogens (tertiary/aromatic N) is 3. The first-order valence-electron chi connectivity index (χ1n) is 16.7. The van der Waals surface area contributed by atoms with Crippen molar-refractivity contribution in [2.24, 2.45) is 22.2 Å². The van der Waals surface area contributed by atoms with Gasteiger partial charge < -0.3 is 15.3 Å². The van der Waals surface area contributed by atoms with E-state index in [0.717, 1.165) is 38.9 Å². The number of fused-ring (bicyclic) bond motifs is 2. The van der Waals surface area contributed by atoms with E-state index in [0.29, 0.717) is 31.0 Å². The Morgan fingerprint density at radius 1 is 0.875 bits per heavy atom. The van der Waals surface area contributed by atoms with Crippen LogP contribution in [0.3, 0.4) is 0 Å². The van der Waals surface area contributed by atoms with Crippen LogP contribution >= 0.6 is 0 Å². The number of amides is 1. The van der Waals surface area contributed by atoms with E-state index in [4.69, 9.17) is 4.98 Å². The van der Waals surface area contributed by atoms with E-state index in [9.17, 15) is 22.4 Å². The van der Waals surface area contributed by atoms with Crippen LogP contribution in [-0.4, -0.2) is 43.4 Å². The number of H-pyrrole nitrogens is 2. The number of hydrogen-bond acceptors (Lipinski definition) is 4. The molecule has 2 aromatic carbocycles. The zero-order chi connectivity index (χ0) is 34.3. The summed E-state index contributed by atoms with van der Waals surface area (Å²) in [5, 5.41) is 3.09. The van der Waals surface area contributed by atoms with Gasteiger partial charge in [-0.3, -0.25) is 9.79 Å². The second-order valence-electron chi connectivity index (χ2n) is 14.5. The van der Waals surface area contributed by atoms with E-state index in [1.165, 1.54) is 0 Å². The van der Waals surface area contributed by atoms with Gasteiger partial charge in [-0.05, 0) is 80.3 Å². The number of alkyl halides is 4. The largest absolute Gasteiger partial charge is 0.345 e. The van der Waals surface area contributed by atoms with Crippen molar-refractivity contribution >= 4 is 33.7 Å². The molecular formula is C37H42F4N6O. The number of aromatic amines is 2. The van der Waals surface area contributed by atoms with Gasteiger partial charge in [-0.2, -0.15) is 0 Å². The first kappa shape index (κ1) is 33.7. The Bertz CT molecular complexity index is 1890. The maximum absolute atomic E-state index is 13.7. The fourth-order valence-electron chi connectivity index (χ4n) is 6.65. The molecule has 1 atom stereocenters. The molecule has 1 unspecified atom stereocenters. The minimum Gasteiger partial charge on any atom is -0.345 e. The van der Waals surface area contributed by atoms with Gasteiger partial charge in [0.05, 0.1) is 34.7 Å². The van der Waals surface area contributed by atoms with Gasteiger partial charge in [0.2, 0.25) is 17.8 Å². The summed E-state index contributed by atoms with van der Waals surface area (Å²) in [6.07, 6.45) is 0.583. The third kappa shape index (κ3) is 7.91. The third-order valence-electron chi connectivity index (χ3n) is 9.68. The summed E-state index contributed by atoms with van der Waals surface area (Å²) in [5.41, 5.74) is 5.27. The van der Waals surface area contributed by atoms with Gasteiger partial charge in [0, 0.05) is 48.4 Å². The zero-order valence-corrected chi connectivity index (χ0v) is 27.8. The standard InChI is InChI=1S/C37H42F4N6O/c1-22(25-11-15-36(38,39)16-12-25)42-21-31-43-27-9-7-23(19-29(27)44-31)5-6-24-8-10-28-30(20-24)46-33(45-28)32(35(2,3)4)47-34(48)26-13-17-37(40,41)18-14-26/h7-10,19-20,25-26,32H,11-18,21H2,1-4H3,(H,43,44)(H,45,46)(H,47,48). The highest BCUT2D eigenvalue weighted by molar-refractivity contribution is 5.84. The number of aliphatic imine (C=N–C) groups is 1. The summed E-state index contributed by atoms with van der Waals surface area (Å²) in [4.78, 5) is 33.8. The number of carbonyl (C=O) groups is 1. The lowest BCUT2D eigenvalue weighted by atomic mass is 9.83. The second-order valence-corrected chi connectivity index (χ2v) is 14.5. The molecule has 2 saturated carbocycles. The van der Waals surface area contributed by atoms with E-state index in [1.54, 1.807) is 0 Å². The van der Waals surface area contributed by atoms with Gasteiger partial charge in [0.15, 0.2) is 0 Å². The topological polar surface area (TPSA) is 98.8 Å². The SMILES string of the molecule is CC(=NCc1nc2ccc(C#Cc3ccc4nc(C(NC(=O)C5CCC(F)(F)CC5)C(C)(C)C)[nH]c4c3)cc2[nH]1)C1CCC(F)(F)CC1. The highest BCUT2D eigenvalue weighted by Crippen LogP contribution is 2.39. The molecule has 2 fully saturated rings. The molecule has 254 valence electrons. The summed E-state index contributed by atoms with van der Waals surface area (Å²) in [5.74, 6) is 1.96. The Balaban J connectivity index is 1.13. The van der Waals surface area contributed by atoms with Crippen molar-refractivity contribution in [2.75, 3.05) is 0 Å². The Kier molecular flexibility index (Phi) is 9.14. The van der Waals surface area contributed by atoms with E-state index in [1.807, 2.05) is 64.1 Å². The predicted molar refractivity (Wildman–Crippen MR) is 179 cm³/mol. The van der Waals surface area contributed by atoms with Crippen LogP contribution in [0.1, 0.15) is 108 Å². The van der Waals surface area contributed by atoms with Gasteiger partial charge in [-0.25, -0.2) is 27.5 Å². The molecule has 7 nitrogen and oxygen atoms in total. The van der Waals surface area contributed by atoms with Crippen molar-refractivity contribution in [3.63, 3.8) is 0 Å². The third-order valence-corrected chi connectivity index (χ3v) is 9.68. The number of halogens is 4. The Morgan fingerprint density at radius 2 is 1.40 bits per heavy atom. The fourth-order valence-corrected chi connectivity index (χ4v) is 6.65. The minimum absolute atomic E-state index is 0.0809. The van der Waals surface area contributed by atoms with Crippen LogP contribution in [0.4, 0.5) is 17.6 Å². The molecule has 6 rings (SSSR count). The average molecular weight is 663 g/mol. The number of rotatable bonds is 6. The van der Waals surface area contributed by atoms with Crippen LogP contribution in [0.25, 0.3) is 22.1 Å². The van der Waals surface area contributed by atoms with Crippen LogP contribution in [0.15, 0.2) is 41.4 Å². The molecule has 0 bridgehead atoms. The number of nitrogens with one attached hydrogen (secondary N) is 3. The zero-order valence-electron chi connectivity index (χ0n) is 27.8. The van der Waals surface area contributed by atoms with Crippen LogP contribution in [0.2, 0.25) is 0 Å². The van der Waals surface area contributed by atoms with Gasteiger partial charge in [-0.1, -0.05) is 32.6 Å². The van der Waals surface area contributed by atoms with Crippen molar-refractivity contribution in [3.8, 4) is 11.8 Å². The molecule has 4 aromatic rings. The van der Waals surface area contributed by atoms with Crippen LogP contribution in [0.5, 0.6) is 0 Å². The van der Waals surface area contributed by atoms with Crippen molar-refractivity contribution in [1.29, 1.82) is 0 Å². The molecule has 2 aliphatic rings. The molecule has 0 saturated heterocycles. The number of benzene rings is 2. The van der Waals surface area contributed by atoms with Crippen molar-refractivity contribution in [1.82, 2.24) is 25.3 Å². The van der Waals surface area contributed by atoms with Gasteiger partial charge in [0.25, 0.3) is 0 Å². The average Bonchev–Trinajstić information content (AvgIpc) is 3.63. The molecule has 48 heavy (non-hydrogen) atoms. The highest BCUT2D eigenvalue weighted by atomic mass is 19.3. The summed E-state index contributed by atoms with van der Waals surface area (Å²) in [7, 11) is 0. The smallest absolute Gasteiger partial charge is 0.248 e. The quantitative estimate of drug-likeness (QED) is 0.110. The second kappa shape index (κ2) is 13.0. The van der Waals surface area contributed by atoms with Crippen LogP contribution in [0, 0.1) is 29.1 Å².